The molecule has 2 aromatic heterocycles. The summed E-state index contributed by atoms with van der Waals surface area (Å²) in [6.07, 6.45) is 5.91. The highest BCUT2D eigenvalue weighted by atomic mass is 16.1. The van der Waals surface area contributed by atoms with E-state index in [9.17, 15) is 4.79 Å². The zero-order valence-electron chi connectivity index (χ0n) is 10.6. The second-order valence-corrected chi connectivity index (χ2v) is 4.23. The lowest BCUT2D eigenvalue weighted by atomic mass is 10.1. The number of hydrogen-bond donors (Lipinski definition) is 1. The Kier molecular flexibility index (Phi) is 3.57. The molecule has 1 unspecified atom stereocenters. The van der Waals surface area contributed by atoms with Crippen LogP contribution in [0.5, 0.6) is 0 Å². The fourth-order valence-corrected chi connectivity index (χ4v) is 1.84. The molecule has 0 aromatic carbocycles. The number of nitrogens with zero attached hydrogens (tertiary/aromatic N) is 4. The molecule has 2 heterocycles. The Morgan fingerprint density at radius 3 is 2.89 bits per heavy atom. The van der Waals surface area contributed by atoms with Gasteiger partial charge < -0.3 is 5.73 Å². The fraction of sp³-hybridized carbons (Fsp3) is 0.417. The molecule has 0 saturated carbocycles. The number of aromatic nitrogens is 4. The average molecular weight is 247 g/mol. The van der Waals surface area contributed by atoms with Crippen molar-refractivity contribution in [2.75, 3.05) is 0 Å². The molecule has 2 N–H and O–H groups in total. The molecule has 0 radical (unpaired) electrons. The zero-order chi connectivity index (χ0) is 13.1. The van der Waals surface area contributed by atoms with E-state index in [2.05, 4.69) is 10.2 Å². The van der Waals surface area contributed by atoms with Crippen LogP contribution >= 0.6 is 0 Å². The van der Waals surface area contributed by atoms with Gasteiger partial charge in [0.2, 0.25) is 5.78 Å². The van der Waals surface area contributed by atoms with Crippen molar-refractivity contribution in [2.24, 2.45) is 12.8 Å². The molecule has 0 aliphatic heterocycles. The molecule has 0 saturated heterocycles. The van der Waals surface area contributed by atoms with E-state index in [1.54, 1.807) is 41.1 Å². The van der Waals surface area contributed by atoms with Crippen LogP contribution in [0.4, 0.5) is 0 Å². The van der Waals surface area contributed by atoms with Crippen LogP contribution in [0.3, 0.4) is 0 Å². The van der Waals surface area contributed by atoms with Gasteiger partial charge in [-0.15, -0.1) is 0 Å². The first kappa shape index (κ1) is 12.5. The number of rotatable bonds is 5. The average Bonchev–Trinajstić information content (AvgIpc) is 2.97. The van der Waals surface area contributed by atoms with E-state index in [1.165, 1.54) is 0 Å². The molecule has 0 aliphatic carbocycles. The van der Waals surface area contributed by atoms with E-state index >= 15 is 0 Å². The molecule has 0 spiro atoms. The normalized spacial score (nSPS) is 12.6. The largest absolute Gasteiger partial charge is 0.317 e. The van der Waals surface area contributed by atoms with Gasteiger partial charge in [-0.25, -0.2) is 0 Å². The molecule has 0 aliphatic rings. The molecule has 96 valence electrons. The number of ketones is 1. The van der Waals surface area contributed by atoms with E-state index in [1.807, 2.05) is 6.92 Å². The molecule has 18 heavy (non-hydrogen) atoms. The summed E-state index contributed by atoms with van der Waals surface area (Å²) in [5, 5.41) is 8.15. The topological polar surface area (TPSA) is 78.7 Å². The van der Waals surface area contributed by atoms with Gasteiger partial charge >= 0.3 is 0 Å². The summed E-state index contributed by atoms with van der Waals surface area (Å²) in [5.41, 5.74) is 7.23. The Bertz CT molecular complexity index is 542. The van der Waals surface area contributed by atoms with Gasteiger partial charge in [-0.1, -0.05) is 6.92 Å². The second kappa shape index (κ2) is 5.14. The van der Waals surface area contributed by atoms with Crippen LogP contribution in [0, 0.1) is 0 Å². The Balaban J connectivity index is 2.22. The van der Waals surface area contributed by atoms with Crippen molar-refractivity contribution in [2.45, 2.75) is 25.9 Å². The molecule has 0 bridgehead atoms. The van der Waals surface area contributed by atoms with E-state index in [0.717, 1.165) is 6.42 Å². The molecule has 0 amide bonds. The standard InChI is InChI=1S/C12H17N5O/c1-3-6-17-10(4-5-14-17)12(18)11(13)9-7-15-16(2)8-9/h4-5,7-8,11H,3,6,13H2,1-2H3. The van der Waals surface area contributed by atoms with E-state index in [-0.39, 0.29) is 5.78 Å². The summed E-state index contributed by atoms with van der Waals surface area (Å²) < 4.78 is 3.32. The number of carbonyl (C=O) groups excluding carboxylic acids is 1. The maximum atomic E-state index is 12.3. The monoisotopic (exact) mass is 247 g/mol. The second-order valence-electron chi connectivity index (χ2n) is 4.23. The number of nitrogens with two attached hydrogens (primary N) is 1. The maximum absolute atomic E-state index is 12.3. The molecule has 1 atom stereocenters. The van der Waals surface area contributed by atoms with Crippen molar-refractivity contribution in [3.63, 3.8) is 0 Å². The van der Waals surface area contributed by atoms with Gasteiger partial charge in [-0.05, 0) is 12.5 Å². The smallest absolute Gasteiger partial charge is 0.202 e. The van der Waals surface area contributed by atoms with Gasteiger partial charge in [0.05, 0.1) is 12.2 Å². The highest BCUT2D eigenvalue weighted by Crippen LogP contribution is 2.15. The van der Waals surface area contributed by atoms with Gasteiger partial charge in [0.15, 0.2) is 0 Å². The Morgan fingerprint density at radius 1 is 1.50 bits per heavy atom. The maximum Gasteiger partial charge on any atom is 0.202 e. The summed E-state index contributed by atoms with van der Waals surface area (Å²) in [4.78, 5) is 12.3. The first-order valence-corrected chi connectivity index (χ1v) is 5.93. The van der Waals surface area contributed by atoms with E-state index < -0.39 is 6.04 Å². The van der Waals surface area contributed by atoms with Crippen molar-refractivity contribution in [1.82, 2.24) is 19.6 Å². The lowest BCUT2D eigenvalue weighted by Crippen LogP contribution is -2.24. The summed E-state index contributed by atoms with van der Waals surface area (Å²) >= 11 is 0. The lowest BCUT2D eigenvalue weighted by Gasteiger charge is -2.10. The molecule has 0 fully saturated rings. The van der Waals surface area contributed by atoms with Crippen molar-refractivity contribution >= 4 is 5.78 Å². The van der Waals surface area contributed by atoms with Crippen LogP contribution in [0.15, 0.2) is 24.7 Å². The van der Waals surface area contributed by atoms with Crippen molar-refractivity contribution in [3.8, 4) is 0 Å². The highest BCUT2D eigenvalue weighted by molar-refractivity contribution is 5.99. The number of hydrogen-bond acceptors (Lipinski definition) is 4. The quantitative estimate of drug-likeness (QED) is 0.796. The summed E-state index contributed by atoms with van der Waals surface area (Å²) in [7, 11) is 1.79. The van der Waals surface area contributed by atoms with Crippen molar-refractivity contribution in [3.05, 3.63) is 35.9 Å². The van der Waals surface area contributed by atoms with Crippen LogP contribution in [0.2, 0.25) is 0 Å². The molecular weight excluding hydrogens is 230 g/mol. The van der Waals surface area contributed by atoms with Gasteiger partial charge in [-0.2, -0.15) is 10.2 Å². The predicted octanol–water partition coefficient (Wildman–Crippen LogP) is 0.909. The third-order valence-electron chi connectivity index (χ3n) is 2.77. The third-order valence-corrected chi connectivity index (χ3v) is 2.77. The van der Waals surface area contributed by atoms with Gasteiger partial charge in [0.1, 0.15) is 5.69 Å². The number of carbonyl (C=O) groups is 1. The lowest BCUT2D eigenvalue weighted by molar-refractivity contribution is 0.0950. The minimum atomic E-state index is -0.689. The fourth-order valence-electron chi connectivity index (χ4n) is 1.84. The molecule has 6 heteroatoms. The first-order chi connectivity index (χ1) is 8.63. The van der Waals surface area contributed by atoms with Gasteiger partial charge in [0.25, 0.3) is 0 Å². The predicted molar refractivity (Wildman–Crippen MR) is 67.0 cm³/mol. The number of aryl methyl sites for hydroxylation is 2. The van der Waals surface area contributed by atoms with Crippen LogP contribution in [-0.4, -0.2) is 25.3 Å². The first-order valence-electron chi connectivity index (χ1n) is 5.93. The molecular formula is C12H17N5O. The van der Waals surface area contributed by atoms with Crippen molar-refractivity contribution < 1.29 is 4.79 Å². The minimum Gasteiger partial charge on any atom is -0.317 e. The number of Topliss-reactive ketones (excluding diaryl/α,β-unsaturated/α-hetero) is 1. The van der Waals surface area contributed by atoms with Crippen LogP contribution in [0.1, 0.15) is 35.4 Å². The zero-order valence-corrected chi connectivity index (χ0v) is 10.6. The SMILES string of the molecule is CCCn1nccc1C(=O)C(N)c1cnn(C)c1. The van der Waals surface area contributed by atoms with E-state index in [0.29, 0.717) is 17.8 Å². The Labute approximate surface area is 105 Å². The Hall–Kier alpha value is -1.95. The van der Waals surface area contributed by atoms with E-state index in [4.69, 9.17) is 5.73 Å². The van der Waals surface area contributed by atoms with Crippen LogP contribution in [0.25, 0.3) is 0 Å². The molecule has 2 aromatic rings. The van der Waals surface area contributed by atoms with Crippen LogP contribution in [-0.2, 0) is 13.6 Å². The Morgan fingerprint density at radius 2 is 2.28 bits per heavy atom. The summed E-state index contributed by atoms with van der Waals surface area (Å²) in [6.45, 7) is 2.75. The highest BCUT2D eigenvalue weighted by Gasteiger charge is 2.22. The van der Waals surface area contributed by atoms with Gasteiger partial charge in [-0.3, -0.25) is 14.2 Å². The summed E-state index contributed by atoms with van der Waals surface area (Å²) in [6, 6.07) is 1.01. The van der Waals surface area contributed by atoms with Crippen LogP contribution < -0.4 is 5.73 Å². The summed E-state index contributed by atoms with van der Waals surface area (Å²) in [5.74, 6) is -0.131. The third kappa shape index (κ3) is 2.33. The molecule has 6 nitrogen and oxygen atoms in total. The minimum absolute atomic E-state index is 0.131. The van der Waals surface area contributed by atoms with Gasteiger partial charge in [0, 0.05) is 31.5 Å². The van der Waals surface area contributed by atoms with Crippen molar-refractivity contribution in [1.29, 1.82) is 0 Å². The molecule has 2 rings (SSSR count).